The highest BCUT2D eigenvalue weighted by atomic mass is 32.1. The molecule has 0 fully saturated rings. The van der Waals surface area contributed by atoms with E-state index in [1.54, 1.807) is 0 Å². The summed E-state index contributed by atoms with van der Waals surface area (Å²) in [5.74, 6) is -0.00208. The molecule has 0 aliphatic heterocycles. The van der Waals surface area contributed by atoms with E-state index in [0.717, 1.165) is 23.3 Å². The van der Waals surface area contributed by atoms with Crippen LogP contribution < -0.4 is 5.32 Å². The number of rotatable bonds is 5. The number of fused-ring (bicyclic) bond motifs is 1. The quantitative estimate of drug-likeness (QED) is 0.901. The van der Waals surface area contributed by atoms with E-state index in [-0.39, 0.29) is 5.91 Å². The van der Waals surface area contributed by atoms with Crippen LogP contribution >= 0.6 is 11.3 Å². The average molecular weight is 263 g/mol. The Morgan fingerprint density at radius 2 is 2.06 bits per heavy atom. The molecule has 0 aliphatic carbocycles. The number of hydrogen-bond donors (Lipinski definition) is 1. The van der Waals surface area contributed by atoms with E-state index < -0.39 is 0 Å². The molecule has 1 amide bonds. The Hall–Kier alpha value is -1.46. The zero-order valence-electron chi connectivity index (χ0n) is 10.6. The first-order valence-corrected chi connectivity index (χ1v) is 6.92. The molecule has 0 saturated carbocycles. The third kappa shape index (κ3) is 3.05. The maximum Gasteiger partial charge on any atom is 0.240 e. The number of likely N-dealkylation sites (N-methyl/N-ethyl adjacent to an activating group) is 1. The molecule has 1 aromatic heterocycles. The van der Waals surface area contributed by atoms with E-state index in [0.29, 0.717) is 11.7 Å². The number of amides is 1. The second-order valence-electron chi connectivity index (χ2n) is 4.00. The third-order valence-corrected chi connectivity index (χ3v) is 3.75. The maximum absolute atomic E-state index is 11.8. The summed E-state index contributed by atoms with van der Waals surface area (Å²) >= 11 is 1.51. The van der Waals surface area contributed by atoms with Crippen molar-refractivity contribution in [3.05, 3.63) is 24.3 Å². The average Bonchev–Trinajstić information content (AvgIpc) is 2.77. The lowest BCUT2D eigenvalue weighted by Gasteiger charge is -2.16. The molecule has 0 saturated heterocycles. The van der Waals surface area contributed by atoms with E-state index in [1.807, 2.05) is 24.3 Å². The van der Waals surface area contributed by atoms with Gasteiger partial charge in [0.15, 0.2) is 5.13 Å². The van der Waals surface area contributed by atoms with Crippen molar-refractivity contribution in [2.75, 3.05) is 25.0 Å². The van der Waals surface area contributed by atoms with Gasteiger partial charge in [-0.3, -0.25) is 9.69 Å². The molecular formula is C13H17N3OS. The molecule has 0 spiro atoms. The lowest BCUT2D eigenvalue weighted by molar-refractivity contribution is -0.117. The molecule has 1 N–H and O–H groups in total. The lowest BCUT2D eigenvalue weighted by atomic mass is 10.3. The van der Waals surface area contributed by atoms with Crippen molar-refractivity contribution in [2.45, 2.75) is 13.8 Å². The Balaban J connectivity index is 2.02. The number of benzene rings is 1. The zero-order valence-corrected chi connectivity index (χ0v) is 11.5. The van der Waals surface area contributed by atoms with Crippen LogP contribution in [-0.4, -0.2) is 35.4 Å². The molecule has 4 nitrogen and oxygen atoms in total. The summed E-state index contributed by atoms with van der Waals surface area (Å²) < 4.78 is 1.09. The lowest BCUT2D eigenvalue weighted by Crippen LogP contribution is -2.32. The number of para-hydroxylation sites is 1. The molecule has 0 radical (unpaired) electrons. The predicted molar refractivity (Wildman–Crippen MR) is 76.0 cm³/mol. The smallest absolute Gasteiger partial charge is 0.240 e. The Morgan fingerprint density at radius 3 is 2.72 bits per heavy atom. The molecule has 96 valence electrons. The normalized spacial score (nSPS) is 11.1. The van der Waals surface area contributed by atoms with E-state index in [4.69, 9.17) is 0 Å². The fourth-order valence-electron chi connectivity index (χ4n) is 1.73. The number of aromatic nitrogens is 1. The highest BCUT2D eigenvalue weighted by molar-refractivity contribution is 7.22. The minimum atomic E-state index is -0.00208. The first-order chi connectivity index (χ1) is 8.72. The van der Waals surface area contributed by atoms with Crippen molar-refractivity contribution in [1.29, 1.82) is 0 Å². The number of hydrogen-bond acceptors (Lipinski definition) is 4. The number of nitrogens with one attached hydrogen (secondary N) is 1. The second-order valence-corrected chi connectivity index (χ2v) is 5.03. The van der Waals surface area contributed by atoms with Crippen LogP contribution in [0, 0.1) is 0 Å². The minimum absolute atomic E-state index is 0.00208. The minimum Gasteiger partial charge on any atom is -0.301 e. The Labute approximate surface area is 111 Å². The highest BCUT2D eigenvalue weighted by Crippen LogP contribution is 2.25. The van der Waals surface area contributed by atoms with Crippen LogP contribution in [0.4, 0.5) is 5.13 Å². The Kier molecular flexibility index (Phi) is 4.28. The number of anilines is 1. The van der Waals surface area contributed by atoms with E-state index in [1.165, 1.54) is 11.3 Å². The van der Waals surface area contributed by atoms with Crippen LogP contribution in [0.25, 0.3) is 10.2 Å². The molecule has 18 heavy (non-hydrogen) atoms. The first kappa shape index (κ1) is 13.0. The van der Waals surface area contributed by atoms with E-state index >= 15 is 0 Å². The summed E-state index contributed by atoms with van der Waals surface area (Å²) in [6, 6.07) is 7.88. The van der Waals surface area contributed by atoms with E-state index in [2.05, 4.69) is 29.0 Å². The van der Waals surface area contributed by atoms with Crippen molar-refractivity contribution in [1.82, 2.24) is 9.88 Å². The molecule has 5 heteroatoms. The van der Waals surface area contributed by atoms with Gasteiger partial charge in [0.2, 0.25) is 5.91 Å². The van der Waals surface area contributed by atoms with Gasteiger partial charge in [-0.2, -0.15) is 0 Å². The zero-order chi connectivity index (χ0) is 13.0. The molecule has 0 aliphatic rings. The van der Waals surface area contributed by atoms with Crippen LogP contribution in [0.1, 0.15) is 13.8 Å². The molecule has 2 rings (SSSR count). The Morgan fingerprint density at radius 1 is 1.33 bits per heavy atom. The first-order valence-electron chi connectivity index (χ1n) is 6.10. The summed E-state index contributed by atoms with van der Waals surface area (Å²) in [4.78, 5) is 18.3. The van der Waals surface area contributed by atoms with Gasteiger partial charge in [-0.15, -0.1) is 0 Å². The number of nitrogens with zero attached hydrogens (tertiary/aromatic N) is 2. The van der Waals surface area contributed by atoms with Crippen LogP contribution in [0.2, 0.25) is 0 Å². The summed E-state index contributed by atoms with van der Waals surface area (Å²) in [6.07, 6.45) is 0. The monoisotopic (exact) mass is 263 g/mol. The topological polar surface area (TPSA) is 45.2 Å². The van der Waals surface area contributed by atoms with Gasteiger partial charge in [0.25, 0.3) is 0 Å². The maximum atomic E-state index is 11.8. The van der Waals surface area contributed by atoms with E-state index in [9.17, 15) is 4.79 Å². The number of thiazole rings is 1. The largest absolute Gasteiger partial charge is 0.301 e. The highest BCUT2D eigenvalue weighted by Gasteiger charge is 2.10. The van der Waals surface area contributed by atoms with Crippen LogP contribution in [0.15, 0.2) is 24.3 Å². The van der Waals surface area contributed by atoms with Gasteiger partial charge in [-0.25, -0.2) is 4.98 Å². The third-order valence-electron chi connectivity index (χ3n) is 2.80. The SMILES string of the molecule is CCN(CC)CC(=O)Nc1nc2ccccc2s1. The van der Waals surface area contributed by atoms with Crippen molar-refractivity contribution in [3.8, 4) is 0 Å². The van der Waals surface area contributed by atoms with Gasteiger partial charge in [-0.05, 0) is 25.2 Å². The van der Waals surface area contributed by atoms with Crippen molar-refractivity contribution in [3.63, 3.8) is 0 Å². The number of carbonyl (C=O) groups is 1. The predicted octanol–water partition coefficient (Wildman–Crippen LogP) is 2.58. The van der Waals surface area contributed by atoms with Gasteiger partial charge in [-0.1, -0.05) is 37.3 Å². The number of carbonyl (C=O) groups excluding carboxylic acids is 1. The van der Waals surface area contributed by atoms with Gasteiger partial charge in [0.05, 0.1) is 16.8 Å². The molecule has 0 unspecified atom stereocenters. The molecule has 2 aromatic rings. The molecule has 1 aromatic carbocycles. The summed E-state index contributed by atoms with van der Waals surface area (Å²) in [7, 11) is 0. The Bertz CT molecular complexity index is 501. The van der Waals surface area contributed by atoms with Crippen molar-refractivity contribution >= 4 is 32.6 Å². The van der Waals surface area contributed by atoms with Crippen LogP contribution in [-0.2, 0) is 4.79 Å². The molecular weight excluding hydrogens is 246 g/mol. The molecule has 1 heterocycles. The fourth-order valence-corrected chi connectivity index (χ4v) is 2.62. The van der Waals surface area contributed by atoms with Gasteiger partial charge >= 0.3 is 0 Å². The fraction of sp³-hybridized carbons (Fsp3) is 0.385. The van der Waals surface area contributed by atoms with Gasteiger partial charge in [0, 0.05) is 0 Å². The van der Waals surface area contributed by atoms with Gasteiger partial charge in [0.1, 0.15) is 0 Å². The van der Waals surface area contributed by atoms with Crippen LogP contribution in [0.3, 0.4) is 0 Å². The standard InChI is InChI=1S/C13H17N3OS/c1-3-16(4-2)9-12(17)15-13-14-10-7-5-6-8-11(10)18-13/h5-8H,3-4,9H2,1-2H3,(H,14,15,17). The van der Waals surface area contributed by atoms with Crippen molar-refractivity contribution < 1.29 is 4.79 Å². The summed E-state index contributed by atoms with van der Waals surface area (Å²) in [6.45, 7) is 6.28. The second kappa shape index (κ2) is 5.93. The van der Waals surface area contributed by atoms with Crippen molar-refractivity contribution in [2.24, 2.45) is 0 Å². The van der Waals surface area contributed by atoms with Gasteiger partial charge < -0.3 is 5.32 Å². The van der Waals surface area contributed by atoms with Crippen LogP contribution in [0.5, 0.6) is 0 Å². The summed E-state index contributed by atoms with van der Waals surface area (Å²) in [5, 5.41) is 3.53. The summed E-state index contributed by atoms with van der Waals surface area (Å²) in [5.41, 5.74) is 0.931. The molecule has 0 atom stereocenters. The molecule has 0 bridgehead atoms.